The Morgan fingerprint density at radius 2 is 2.38 bits per heavy atom. The summed E-state index contributed by atoms with van der Waals surface area (Å²) >= 11 is 0. The van der Waals surface area contributed by atoms with Gasteiger partial charge in [-0.25, -0.2) is 0 Å². The molecule has 0 aromatic heterocycles. The first-order chi connectivity index (χ1) is 6.22. The van der Waals surface area contributed by atoms with E-state index in [2.05, 4.69) is 29.1 Å². The molecule has 72 valence electrons. The topological polar surface area (TPSA) is 41.1 Å². The maximum atomic E-state index is 11.2. The van der Waals surface area contributed by atoms with Crippen molar-refractivity contribution in [3.8, 4) is 11.8 Å². The number of amides is 1. The van der Waals surface area contributed by atoms with Crippen LogP contribution in [0.2, 0.25) is 0 Å². The van der Waals surface area contributed by atoms with Crippen molar-refractivity contribution in [2.45, 2.75) is 19.9 Å². The molecule has 3 heteroatoms. The average Bonchev–Trinajstić information content (AvgIpc) is 2.14. The highest BCUT2D eigenvalue weighted by molar-refractivity contribution is 5.81. The van der Waals surface area contributed by atoms with Gasteiger partial charge >= 0.3 is 0 Å². The molecule has 0 rings (SSSR count). The highest BCUT2D eigenvalue weighted by Crippen LogP contribution is 1.80. The first-order valence-corrected chi connectivity index (χ1v) is 4.24. The molecular formula is C10H16N2O. The lowest BCUT2D eigenvalue weighted by molar-refractivity contribution is -0.122. The second kappa shape index (κ2) is 7.38. The third-order valence-electron chi connectivity index (χ3n) is 1.49. The van der Waals surface area contributed by atoms with E-state index >= 15 is 0 Å². The molecule has 13 heavy (non-hydrogen) atoms. The van der Waals surface area contributed by atoms with Crippen LogP contribution < -0.4 is 10.6 Å². The van der Waals surface area contributed by atoms with Crippen LogP contribution in [0.3, 0.4) is 0 Å². The Labute approximate surface area is 79.6 Å². The maximum Gasteiger partial charge on any atom is 0.237 e. The summed E-state index contributed by atoms with van der Waals surface area (Å²) in [6, 6.07) is -0.208. The molecule has 1 atom stereocenters. The molecule has 0 aliphatic heterocycles. The minimum Gasteiger partial charge on any atom is -0.351 e. The minimum absolute atomic E-state index is 0.0298. The van der Waals surface area contributed by atoms with Gasteiger partial charge in [-0.05, 0) is 13.8 Å². The SMILES string of the molecule is C=CCNC(=O)C(C)NCC#CC. The van der Waals surface area contributed by atoms with E-state index in [-0.39, 0.29) is 11.9 Å². The third kappa shape index (κ3) is 5.94. The largest absolute Gasteiger partial charge is 0.351 e. The van der Waals surface area contributed by atoms with Gasteiger partial charge in [-0.2, -0.15) is 0 Å². The highest BCUT2D eigenvalue weighted by Gasteiger charge is 2.08. The van der Waals surface area contributed by atoms with Gasteiger partial charge in [0.05, 0.1) is 12.6 Å². The number of rotatable bonds is 5. The van der Waals surface area contributed by atoms with Crippen LogP contribution in [0.4, 0.5) is 0 Å². The van der Waals surface area contributed by atoms with Gasteiger partial charge in [-0.3, -0.25) is 10.1 Å². The monoisotopic (exact) mass is 180 g/mol. The van der Waals surface area contributed by atoms with Gasteiger partial charge < -0.3 is 5.32 Å². The molecule has 0 bridgehead atoms. The molecular weight excluding hydrogens is 164 g/mol. The van der Waals surface area contributed by atoms with E-state index in [1.165, 1.54) is 0 Å². The summed E-state index contributed by atoms with van der Waals surface area (Å²) in [5, 5.41) is 5.66. The van der Waals surface area contributed by atoms with Crippen molar-refractivity contribution in [2.75, 3.05) is 13.1 Å². The lowest BCUT2D eigenvalue weighted by Crippen LogP contribution is -2.42. The Hall–Kier alpha value is -1.27. The summed E-state index contributed by atoms with van der Waals surface area (Å²) in [5.74, 6) is 5.54. The Morgan fingerprint density at radius 1 is 1.69 bits per heavy atom. The van der Waals surface area contributed by atoms with E-state index < -0.39 is 0 Å². The summed E-state index contributed by atoms with van der Waals surface area (Å²) < 4.78 is 0. The molecule has 0 aromatic carbocycles. The van der Waals surface area contributed by atoms with Gasteiger partial charge in [0, 0.05) is 6.54 Å². The molecule has 0 saturated carbocycles. The normalized spacial score (nSPS) is 10.9. The van der Waals surface area contributed by atoms with Gasteiger partial charge in [0.15, 0.2) is 0 Å². The fourth-order valence-corrected chi connectivity index (χ4v) is 0.711. The van der Waals surface area contributed by atoms with Crippen molar-refractivity contribution in [3.63, 3.8) is 0 Å². The average molecular weight is 180 g/mol. The van der Waals surface area contributed by atoms with Crippen LogP contribution in [0, 0.1) is 11.8 Å². The van der Waals surface area contributed by atoms with Crippen molar-refractivity contribution < 1.29 is 4.79 Å². The van der Waals surface area contributed by atoms with Crippen LogP contribution >= 0.6 is 0 Å². The van der Waals surface area contributed by atoms with Crippen LogP contribution in [-0.4, -0.2) is 25.0 Å². The molecule has 1 unspecified atom stereocenters. The number of hydrogen-bond donors (Lipinski definition) is 2. The van der Waals surface area contributed by atoms with E-state index in [1.807, 2.05) is 0 Å². The molecule has 2 N–H and O–H groups in total. The fraction of sp³-hybridized carbons (Fsp3) is 0.500. The van der Waals surface area contributed by atoms with Crippen molar-refractivity contribution in [1.82, 2.24) is 10.6 Å². The molecule has 0 saturated heterocycles. The number of carbonyl (C=O) groups excluding carboxylic acids is 1. The third-order valence-corrected chi connectivity index (χ3v) is 1.49. The number of nitrogens with one attached hydrogen (secondary N) is 2. The van der Waals surface area contributed by atoms with Gasteiger partial charge in [0.25, 0.3) is 0 Å². The molecule has 0 heterocycles. The Morgan fingerprint density at radius 3 is 2.92 bits per heavy atom. The molecule has 0 aliphatic carbocycles. The van der Waals surface area contributed by atoms with E-state index in [4.69, 9.17) is 0 Å². The summed E-state index contributed by atoms with van der Waals surface area (Å²) in [6.45, 7) is 8.12. The van der Waals surface area contributed by atoms with Crippen LogP contribution in [0.25, 0.3) is 0 Å². The highest BCUT2D eigenvalue weighted by atomic mass is 16.2. The van der Waals surface area contributed by atoms with Gasteiger partial charge in [-0.15, -0.1) is 12.5 Å². The van der Waals surface area contributed by atoms with Crippen molar-refractivity contribution in [1.29, 1.82) is 0 Å². The second-order valence-electron chi connectivity index (χ2n) is 2.56. The molecule has 0 fully saturated rings. The lowest BCUT2D eigenvalue weighted by Gasteiger charge is -2.10. The summed E-state index contributed by atoms with van der Waals surface area (Å²) in [4.78, 5) is 11.2. The van der Waals surface area contributed by atoms with Crippen molar-refractivity contribution in [2.24, 2.45) is 0 Å². The molecule has 0 radical (unpaired) electrons. The summed E-state index contributed by atoms with van der Waals surface area (Å²) in [5.41, 5.74) is 0. The zero-order chi connectivity index (χ0) is 10.1. The predicted molar refractivity (Wildman–Crippen MR) is 54.1 cm³/mol. The van der Waals surface area contributed by atoms with E-state index in [0.29, 0.717) is 13.1 Å². The number of carbonyl (C=O) groups is 1. The van der Waals surface area contributed by atoms with Crippen LogP contribution in [-0.2, 0) is 4.79 Å². The standard InChI is InChI=1S/C10H16N2O/c1-4-6-8-11-9(3)10(13)12-7-5-2/h5,9,11H,2,7-8H2,1,3H3,(H,12,13). The van der Waals surface area contributed by atoms with Gasteiger partial charge in [0.1, 0.15) is 0 Å². The minimum atomic E-state index is -0.208. The first kappa shape index (κ1) is 11.7. The van der Waals surface area contributed by atoms with E-state index in [9.17, 15) is 4.79 Å². The Bertz CT molecular complexity index is 225. The molecule has 1 amide bonds. The Kier molecular flexibility index (Phi) is 6.66. The van der Waals surface area contributed by atoms with Gasteiger partial charge in [-0.1, -0.05) is 12.0 Å². The zero-order valence-corrected chi connectivity index (χ0v) is 8.18. The second-order valence-corrected chi connectivity index (χ2v) is 2.56. The molecule has 0 aromatic rings. The van der Waals surface area contributed by atoms with Crippen LogP contribution in [0.5, 0.6) is 0 Å². The van der Waals surface area contributed by atoms with E-state index in [1.54, 1.807) is 19.9 Å². The van der Waals surface area contributed by atoms with Gasteiger partial charge in [0.2, 0.25) is 5.91 Å². The molecule has 0 spiro atoms. The fourth-order valence-electron chi connectivity index (χ4n) is 0.711. The van der Waals surface area contributed by atoms with Crippen molar-refractivity contribution >= 4 is 5.91 Å². The summed E-state index contributed by atoms with van der Waals surface area (Å²) in [7, 11) is 0. The lowest BCUT2D eigenvalue weighted by atomic mass is 10.3. The van der Waals surface area contributed by atoms with Crippen molar-refractivity contribution in [3.05, 3.63) is 12.7 Å². The number of hydrogen-bond acceptors (Lipinski definition) is 2. The smallest absolute Gasteiger partial charge is 0.237 e. The zero-order valence-electron chi connectivity index (χ0n) is 8.18. The molecule has 0 aliphatic rings. The first-order valence-electron chi connectivity index (χ1n) is 4.24. The summed E-state index contributed by atoms with van der Waals surface area (Å²) in [6.07, 6.45) is 1.65. The van der Waals surface area contributed by atoms with E-state index in [0.717, 1.165) is 0 Å². The molecule has 3 nitrogen and oxygen atoms in total. The predicted octanol–water partition coefficient (Wildman–Crippen LogP) is 0.290. The van der Waals surface area contributed by atoms with Crippen LogP contribution in [0.15, 0.2) is 12.7 Å². The van der Waals surface area contributed by atoms with Crippen LogP contribution in [0.1, 0.15) is 13.8 Å². The maximum absolute atomic E-state index is 11.2. The quantitative estimate of drug-likeness (QED) is 0.471. The Balaban J connectivity index is 3.66.